The van der Waals surface area contributed by atoms with Crippen LogP contribution < -0.4 is 10.2 Å². The molecule has 1 amide bonds. The van der Waals surface area contributed by atoms with E-state index in [0.717, 1.165) is 29.1 Å². The summed E-state index contributed by atoms with van der Waals surface area (Å²) >= 11 is 3.27. The van der Waals surface area contributed by atoms with Gasteiger partial charge in [-0.3, -0.25) is 4.79 Å². The van der Waals surface area contributed by atoms with E-state index in [4.69, 9.17) is 0 Å². The standard InChI is InChI=1S/C16H16BrN3O/c17-15-8-7-12(11-18-15)16(21)19-13-5-1-2-6-14(13)20-9-3-4-10-20/h1-2,5-8,11H,3-4,9-10H2,(H,19,21). The molecule has 2 aromatic rings. The van der Waals surface area contributed by atoms with E-state index in [1.165, 1.54) is 12.8 Å². The second kappa shape index (κ2) is 6.26. The van der Waals surface area contributed by atoms with Crippen molar-refractivity contribution in [3.63, 3.8) is 0 Å². The lowest BCUT2D eigenvalue weighted by atomic mass is 10.2. The number of amides is 1. The van der Waals surface area contributed by atoms with Gasteiger partial charge in [-0.15, -0.1) is 0 Å². The molecule has 0 aliphatic carbocycles. The number of rotatable bonds is 3. The van der Waals surface area contributed by atoms with Gasteiger partial charge < -0.3 is 10.2 Å². The van der Waals surface area contributed by atoms with Crippen LogP contribution in [-0.2, 0) is 0 Å². The molecule has 21 heavy (non-hydrogen) atoms. The van der Waals surface area contributed by atoms with Crippen molar-refractivity contribution in [2.75, 3.05) is 23.3 Å². The first-order valence-electron chi connectivity index (χ1n) is 7.01. The highest BCUT2D eigenvalue weighted by Gasteiger charge is 2.17. The van der Waals surface area contributed by atoms with Crippen LogP contribution in [0.3, 0.4) is 0 Å². The molecule has 0 bridgehead atoms. The molecule has 3 rings (SSSR count). The summed E-state index contributed by atoms with van der Waals surface area (Å²) in [5.74, 6) is -0.137. The minimum absolute atomic E-state index is 0.137. The Hall–Kier alpha value is -1.88. The maximum atomic E-state index is 12.3. The molecule has 4 nitrogen and oxygen atoms in total. The molecule has 5 heteroatoms. The third kappa shape index (κ3) is 3.24. The number of para-hydroxylation sites is 2. The van der Waals surface area contributed by atoms with Crippen LogP contribution in [0.2, 0.25) is 0 Å². The number of halogens is 1. The molecule has 1 aliphatic heterocycles. The lowest BCUT2D eigenvalue weighted by Gasteiger charge is -2.21. The molecule has 1 aliphatic rings. The maximum Gasteiger partial charge on any atom is 0.257 e. The zero-order chi connectivity index (χ0) is 14.7. The van der Waals surface area contributed by atoms with Gasteiger partial charge in [-0.2, -0.15) is 0 Å². The van der Waals surface area contributed by atoms with Crippen LogP contribution in [-0.4, -0.2) is 24.0 Å². The van der Waals surface area contributed by atoms with E-state index in [0.29, 0.717) is 5.56 Å². The number of pyridine rings is 1. The van der Waals surface area contributed by atoms with Crippen molar-refractivity contribution in [2.24, 2.45) is 0 Å². The second-order valence-corrected chi connectivity index (χ2v) is 5.85. The van der Waals surface area contributed by atoms with Crippen molar-refractivity contribution < 1.29 is 4.79 Å². The Bertz CT molecular complexity index is 636. The number of hydrogen-bond donors (Lipinski definition) is 1. The zero-order valence-corrected chi connectivity index (χ0v) is 13.1. The first-order chi connectivity index (χ1) is 10.2. The molecule has 1 aromatic heterocycles. The highest BCUT2D eigenvalue weighted by molar-refractivity contribution is 9.10. The summed E-state index contributed by atoms with van der Waals surface area (Å²) in [4.78, 5) is 18.7. The zero-order valence-electron chi connectivity index (χ0n) is 11.6. The Balaban J connectivity index is 1.81. The number of carbonyl (C=O) groups excluding carboxylic acids is 1. The highest BCUT2D eigenvalue weighted by Crippen LogP contribution is 2.28. The fraction of sp³-hybridized carbons (Fsp3) is 0.250. The Kier molecular flexibility index (Phi) is 4.20. The summed E-state index contributed by atoms with van der Waals surface area (Å²) in [5.41, 5.74) is 2.50. The summed E-state index contributed by atoms with van der Waals surface area (Å²) in [7, 11) is 0. The minimum atomic E-state index is -0.137. The van der Waals surface area contributed by atoms with Gasteiger partial charge in [0.2, 0.25) is 0 Å². The summed E-state index contributed by atoms with van der Waals surface area (Å²) in [6.07, 6.45) is 3.98. The monoisotopic (exact) mass is 345 g/mol. The van der Waals surface area contributed by atoms with Crippen LogP contribution in [0.1, 0.15) is 23.2 Å². The average molecular weight is 346 g/mol. The Morgan fingerprint density at radius 3 is 2.62 bits per heavy atom. The van der Waals surface area contributed by atoms with Crippen LogP contribution in [0, 0.1) is 0 Å². The predicted molar refractivity (Wildman–Crippen MR) is 87.8 cm³/mol. The first kappa shape index (κ1) is 14.1. The number of carbonyl (C=O) groups is 1. The van der Waals surface area contributed by atoms with Crippen molar-refractivity contribution in [3.8, 4) is 0 Å². The number of benzene rings is 1. The van der Waals surface area contributed by atoms with Gasteiger partial charge in [-0.25, -0.2) is 4.98 Å². The number of anilines is 2. The van der Waals surface area contributed by atoms with Crippen molar-refractivity contribution in [2.45, 2.75) is 12.8 Å². The quantitative estimate of drug-likeness (QED) is 0.862. The lowest BCUT2D eigenvalue weighted by Crippen LogP contribution is -2.21. The van der Waals surface area contributed by atoms with Crippen molar-refractivity contribution in [1.29, 1.82) is 0 Å². The fourth-order valence-corrected chi connectivity index (χ4v) is 2.75. The predicted octanol–water partition coefficient (Wildman–Crippen LogP) is 3.70. The lowest BCUT2D eigenvalue weighted by molar-refractivity contribution is 0.102. The van der Waals surface area contributed by atoms with Gasteiger partial charge in [-0.05, 0) is 53.0 Å². The van der Waals surface area contributed by atoms with Crippen molar-refractivity contribution in [1.82, 2.24) is 4.98 Å². The van der Waals surface area contributed by atoms with Gasteiger partial charge in [0.25, 0.3) is 5.91 Å². The van der Waals surface area contributed by atoms with Gasteiger partial charge >= 0.3 is 0 Å². The van der Waals surface area contributed by atoms with Gasteiger partial charge in [0.1, 0.15) is 4.60 Å². The summed E-state index contributed by atoms with van der Waals surface area (Å²) in [5, 5.41) is 2.99. The molecule has 0 radical (unpaired) electrons. The van der Waals surface area contributed by atoms with Crippen LogP contribution in [0.4, 0.5) is 11.4 Å². The van der Waals surface area contributed by atoms with Gasteiger partial charge in [0.05, 0.1) is 16.9 Å². The van der Waals surface area contributed by atoms with Crippen LogP contribution in [0.25, 0.3) is 0 Å². The molecule has 2 heterocycles. The molecule has 1 fully saturated rings. The summed E-state index contributed by atoms with van der Waals surface area (Å²) in [6, 6.07) is 11.5. The van der Waals surface area contributed by atoms with Crippen LogP contribution in [0.15, 0.2) is 47.2 Å². The van der Waals surface area contributed by atoms with Gasteiger partial charge in [-0.1, -0.05) is 12.1 Å². The number of nitrogens with zero attached hydrogens (tertiary/aromatic N) is 2. The van der Waals surface area contributed by atoms with E-state index in [2.05, 4.69) is 37.2 Å². The SMILES string of the molecule is O=C(Nc1ccccc1N1CCCC1)c1ccc(Br)nc1. The normalized spacial score (nSPS) is 14.2. The second-order valence-electron chi connectivity index (χ2n) is 5.04. The van der Waals surface area contributed by atoms with Gasteiger partial charge in [0.15, 0.2) is 0 Å². The molecule has 0 unspecified atom stereocenters. The van der Waals surface area contributed by atoms with E-state index in [-0.39, 0.29) is 5.91 Å². The maximum absolute atomic E-state index is 12.3. The highest BCUT2D eigenvalue weighted by atomic mass is 79.9. The Morgan fingerprint density at radius 1 is 1.14 bits per heavy atom. The number of aromatic nitrogens is 1. The largest absolute Gasteiger partial charge is 0.370 e. The van der Waals surface area contributed by atoms with Crippen LogP contribution in [0.5, 0.6) is 0 Å². The Morgan fingerprint density at radius 2 is 1.90 bits per heavy atom. The molecule has 1 saturated heterocycles. The summed E-state index contributed by atoms with van der Waals surface area (Å²) < 4.78 is 0.719. The molecule has 1 N–H and O–H groups in total. The van der Waals surface area contributed by atoms with Crippen LogP contribution >= 0.6 is 15.9 Å². The molecule has 0 spiro atoms. The van der Waals surface area contributed by atoms with E-state index < -0.39 is 0 Å². The molecule has 0 atom stereocenters. The minimum Gasteiger partial charge on any atom is -0.370 e. The smallest absolute Gasteiger partial charge is 0.257 e. The third-order valence-electron chi connectivity index (χ3n) is 3.59. The first-order valence-corrected chi connectivity index (χ1v) is 7.80. The van der Waals surface area contributed by atoms with E-state index in [1.54, 1.807) is 18.3 Å². The van der Waals surface area contributed by atoms with Gasteiger partial charge in [0, 0.05) is 19.3 Å². The summed E-state index contributed by atoms with van der Waals surface area (Å²) in [6.45, 7) is 2.10. The molecular formula is C16H16BrN3O. The molecular weight excluding hydrogens is 330 g/mol. The molecule has 0 saturated carbocycles. The molecule has 108 valence electrons. The topological polar surface area (TPSA) is 45.2 Å². The Labute approximate surface area is 132 Å². The van der Waals surface area contributed by atoms with Crippen molar-refractivity contribution >= 4 is 33.2 Å². The average Bonchev–Trinajstić information content (AvgIpc) is 3.02. The molecule has 1 aromatic carbocycles. The third-order valence-corrected chi connectivity index (χ3v) is 4.06. The van der Waals surface area contributed by atoms with E-state index in [9.17, 15) is 4.79 Å². The van der Waals surface area contributed by atoms with E-state index >= 15 is 0 Å². The number of hydrogen-bond acceptors (Lipinski definition) is 3. The van der Waals surface area contributed by atoms with E-state index in [1.807, 2.05) is 18.2 Å². The fourth-order valence-electron chi connectivity index (χ4n) is 2.52. The van der Waals surface area contributed by atoms with Crippen molar-refractivity contribution in [3.05, 3.63) is 52.8 Å². The number of nitrogens with one attached hydrogen (secondary N) is 1.